The van der Waals surface area contributed by atoms with E-state index in [4.69, 9.17) is 5.11 Å². The second kappa shape index (κ2) is 4.39. The van der Waals surface area contributed by atoms with E-state index in [2.05, 4.69) is 0 Å². The molecule has 0 aromatic carbocycles. The predicted octanol–water partition coefficient (Wildman–Crippen LogP) is 0.183. The maximum atomic E-state index is 11.5. The summed E-state index contributed by atoms with van der Waals surface area (Å²) < 4.78 is 24.5. The summed E-state index contributed by atoms with van der Waals surface area (Å²) in [4.78, 5) is 0. The van der Waals surface area contributed by atoms with Crippen molar-refractivity contribution in [2.75, 3.05) is 18.9 Å². The molecule has 13 heavy (non-hydrogen) atoms. The van der Waals surface area contributed by atoms with Gasteiger partial charge in [0.1, 0.15) is 0 Å². The van der Waals surface area contributed by atoms with Crippen molar-refractivity contribution in [1.29, 1.82) is 0 Å². The number of sulfonamides is 1. The Bertz CT molecular complexity index is 250. The molecule has 1 aliphatic rings. The number of nitrogens with zero attached hydrogens (tertiary/aromatic N) is 1. The molecule has 1 atom stereocenters. The normalized spacial score (nSPS) is 24.8. The molecule has 1 saturated heterocycles. The highest BCUT2D eigenvalue weighted by Gasteiger charge is 2.32. The van der Waals surface area contributed by atoms with Crippen LogP contribution < -0.4 is 0 Å². The Balaban J connectivity index is 2.68. The molecule has 78 valence electrons. The monoisotopic (exact) mass is 207 g/mol. The summed E-state index contributed by atoms with van der Waals surface area (Å²) in [5.74, 6) is 0.273. The Morgan fingerprint density at radius 2 is 2.23 bits per heavy atom. The minimum Gasteiger partial charge on any atom is -0.396 e. The third-order valence-corrected chi connectivity index (χ3v) is 4.48. The van der Waals surface area contributed by atoms with Gasteiger partial charge in [-0.2, -0.15) is 4.31 Å². The van der Waals surface area contributed by atoms with Crippen molar-refractivity contribution in [3.63, 3.8) is 0 Å². The van der Waals surface area contributed by atoms with E-state index in [0.717, 1.165) is 12.8 Å². The lowest BCUT2D eigenvalue weighted by Gasteiger charge is -2.24. The van der Waals surface area contributed by atoms with Crippen LogP contribution in [0.15, 0.2) is 0 Å². The molecule has 1 heterocycles. The molecule has 0 radical (unpaired) electrons. The summed E-state index contributed by atoms with van der Waals surface area (Å²) in [6.45, 7) is 2.64. The van der Waals surface area contributed by atoms with Crippen molar-refractivity contribution in [1.82, 2.24) is 4.31 Å². The second-order valence-electron chi connectivity index (χ2n) is 3.35. The van der Waals surface area contributed by atoms with Crippen LogP contribution in [-0.2, 0) is 10.0 Å². The van der Waals surface area contributed by atoms with Crippen LogP contribution in [0.5, 0.6) is 0 Å². The van der Waals surface area contributed by atoms with E-state index in [1.807, 2.05) is 6.92 Å². The van der Waals surface area contributed by atoms with Crippen molar-refractivity contribution >= 4 is 10.0 Å². The van der Waals surface area contributed by atoms with Crippen LogP contribution in [0.1, 0.15) is 26.2 Å². The van der Waals surface area contributed by atoms with Gasteiger partial charge in [-0.05, 0) is 19.3 Å². The number of hydrogen-bond donors (Lipinski definition) is 1. The van der Waals surface area contributed by atoms with Gasteiger partial charge in [0.2, 0.25) is 10.0 Å². The Labute approximate surface area is 79.6 Å². The summed E-state index contributed by atoms with van der Waals surface area (Å²) in [5.41, 5.74) is 0. The zero-order chi connectivity index (χ0) is 9.90. The van der Waals surface area contributed by atoms with Gasteiger partial charge in [-0.1, -0.05) is 6.92 Å². The Hall–Kier alpha value is -0.130. The van der Waals surface area contributed by atoms with Crippen LogP contribution in [0.3, 0.4) is 0 Å². The van der Waals surface area contributed by atoms with Crippen LogP contribution in [0.4, 0.5) is 0 Å². The molecule has 1 aliphatic heterocycles. The first-order valence-corrected chi connectivity index (χ1v) is 6.33. The molecule has 1 fully saturated rings. The summed E-state index contributed by atoms with van der Waals surface area (Å²) in [6.07, 6.45) is 2.06. The lowest BCUT2D eigenvalue weighted by molar-refractivity contribution is 0.227. The molecule has 0 amide bonds. The second-order valence-corrected chi connectivity index (χ2v) is 5.40. The zero-order valence-corrected chi connectivity index (χ0v) is 8.76. The number of aliphatic hydroxyl groups is 1. The van der Waals surface area contributed by atoms with Gasteiger partial charge in [-0.25, -0.2) is 8.42 Å². The molecule has 0 aromatic rings. The highest BCUT2D eigenvalue weighted by atomic mass is 32.2. The number of rotatable bonds is 4. The minimum absolute atomic E-state index is 0.00231. The molecular weight excluding hydrogens is 190 g/mol. The molecule has 0 bridgehead atoms. The van der Waals surface area contributed by atoms with Crippen LogP contribution in [0.25, 0.3) is 0 Å². The molecule has 1 N–H and O–H groups in total. The van der Waals surface area contributed by atoms with E-state index >= 15 is 0 Å². The van der Waals surface area contributed by atoms with Gasteiger partial charge < -0.3 is 5.11 Å². The fraction of sp³-hybridized carbons (Fsp3) is 1.00. The molecule has 1 unspecified atom stereocenters. The molecule has 0 aromatic heterocycles. The fourth-order valence-electron chi connectivity index (χ4n) is 1.77. The highest BCUT2D eigenvalue weighted by molar-refractivity contribution is 7.89. The van der Waals surface area contributed by atoms with Gasteiger partial charge >= 0.3 is 0 Å². The van der Waals surface area contributed by atoms with Crippen molar-refractivity contribution in [3.05, 3.63) is 0 Å². The van der Waals surface area contributed by atoms with Crippen LogP contribution in [0, 0.1) is 0 Å². The average Bonchev–Trinajstić information content (AvgIpc) is 2.41. The maximum absolute atomic E-state index is 11.5. The van der Waals surface area contributed by atoms with E-state index in [-0.39, 0.29) is 18.4 Å². The van der Waals surface area contributed by atoms with E-state index < -0.39 is 10.0 Å². The van der Waals surface area contributed by atoms with Gasteiger partial charge in [0.25, 0.3) is 0 Å². The first-order valence-electron chi connectivity index (χ1n) is 4.72. The van der Waals surface area contributed by atoms with Crippen molar-refractivity contribution in [2.45, 2.75) is 32.2 Å². The predicted molar refractivity (Wildman–Crippen MR) is 50.9 cm³/mol. The Morgan fingerprint density at radius 3 is 2.62 bits per heavy atom. The van der Waals surface area contributed by atoms with E-state index in [1.165, 1.54) is 0 Å². The van der Waals surface area contributed by atoms with E-state index in [1.54, 1.807) is 4.31 Å². The molecule has 5 heteroatoms. The standard InChI is InChI=1S/C8H17NO3S/c1-2-8(4-6-10)9-5-3-7-13(9,11)12/h8,10H,2-7H2,1H3. The average molecular weight is 207 g/mol. The van der Waals surface area contributed by atoms with Crippen molar-refractivity contribution in [3.8, 4) is 0 Å². The van der Waals surface area contributed by atoms with Crippen LogP contribution in [-0.4, -0.2) is 42.8 Å². The molecule has 0 saturated carbocycles. The maximum Gasteiger partial charge on any atom is 0.214 e. The molecule has 0 spiro atoms. The van der Waals surface area contributed by atoms with E-state index in [0.29, 0.717) is 13.0 Å². The SMILES string of the molecule is CCC(CCO)N1CCCS1(=O)=O. The van der Waals surface area contributed by atoms with Gasteiger partial charge in [-0.3, -0.25) is 0 Å². The highest BCUT2D eigenvalue weighted by Crippen LogP contribution is 2.20. The zero-order valence-electron chi connectivity index (χ0n) is 7.94. The lowest BCUT2D eigenvalue weighted by atomic mass is 10.1. The summed E-state index contributed by atoms with van der Waals surface area (Å²) in [6, 6.07) is -0.00231. The quantitative estimate of drug-likeness (QED) is 0.715. The van der Waals surface area contributed by atoms with Crippen molar-refractivity contribution < 1.29 is 13.5 Å². The third kappa shape index (κ3) is 2.42. The van der Waals surface area contributed by atoms with Gasteiger partial charge in [-0.15, -0.1) is 0 Å². The lowest BCUT2D eigenvalue weighted by Crippen LogP contribution is -2.36. The Morgan fingerprint density at radius 1 is 1.54 bits per heavy atom. The van der Waals surface area contributed by atoms with E-state index in [9.17, 15) is 8.42 Å². The smallest absolute Gasteiger partial charge is 0.214 e. The number of aliphatic hydroxyl groups excluding tert-OH is 1. The molecule has 4 nitrogen and oxygen atoms in total. The largest absolute Gasteiger partial charge is 0.396 e. The van der Waals surface area contributed by atoms with Crippen LogP contribution >= 0.6 is 0 Å². The van der Waals surface area contributed by atoms with Gasteiger partial charge in [0.15, 0.2) is 0 Å². The molecular formula is C8H17NO3S. The summed E-state index contributed by atoms with van der Waals surface area (Å²) in [7, 11) is -3.00. The fourth-order valence-corrected chi connectivity index (χ4v) is 3.61. The summed E-state index contributed by atoms with van der Waals surface area (Å²) in [5, 5.41) is 8.78. The molecule has 1 rings (SSSR count). The van der Waals surface area contributed by atoms with Gasteiger partial charge in [0.05, 0.1) is 5.75 Å². The first kappa shape index (κ1) is 10.9. The topological polar surface area (TPSA) is 57.6 Å². The third-order valence-electron chi connectivity index (χ3n) is 2.48. The Kier molecular flexibility index (Phi) is 3.70. The van der Waals surface area contributed by atoms with Crippen LogP contribution in [0.2, 0.25) is 0 Å². The summed E-state index contributed by atoms with van der Waals surface area (Å²) >= 11 is 0. The van der Waals surface area contributed by atoms with Crippen molar-refractivity contribution in [2.24, 2.45) is 0 Å². The minimum atomic E-state index is -3.00. The molecule has 0 aliphatic carbocycles. The number of hydrogen-bond acceptors (Lipinski definition) is 3. The van der Waals surface area contributed by atoms with Gasteiger partial charge in [0, 0.05) is 19.2 Å². The first-order chi connectivity index (χ1) is 6.11.